The summed E-state index contributed by atoms with van der Waals surface area (Å²) >= 11 is 0. The fourth-order valence-corrected chi connectivity index (χ4v) is 4.49. The van der Waals surface area contributed by atoms with Crippen molar-refractivity contribution in [2.75, 3.05) is 24.7 Å². The molecule has 2 amide bonds. The number of benzene rings is 3. The predicted octanol–water partition coefficient (Wildman–Crippen LogP) is 4.70. The van der Waals surface area contributed by atoms with Crippen molar-refractivity contribution >= 4 is 34.5 Å². The lowest BCUT2D eigenvalue weighted by molar-refractivity contribution is -0.116. The molecular weight excluding hydrogens is 460 g/mol. The third kappa shape index (κ3) is 5.74. The van der Waals surface area contributed by atoms with E-state index in [1.54, 1.807) is 0 Å². The summed E-state index contributed by atoms with van der Waals surface area (Å²) in [5.41, 5.74) is 6.48. The molecule has 5 rings (SSSR count). The van der Waals surface area contributed by atoms with Crippen LogP contribution >= 0.6 is 0 Å². The van der Waals surface area contributed by atoms with Crippen LogP contribution in [0.25, 0.3) is 11.3 Å². The molecule has 1 aliphatic carbocycles. The molecule has 0 atom stereocenters. The summed E-state index contributed by atoms with van der Waals surface area (Å²) in [4.78, 5) is 27.4. The molecule has 186 valence electrons. The fourth-order valence-electron chi connectivity index (χ4n) is 4.49. The van der Waals surface area contributed by atoms with Crippen molar-refractivity contribution in [3.8, 4) is 11.8 Å². The van der Waals surface area contributed by atoms with Gasteiger partial charge in [0.1, 0.15) is 0 Å². The normalized spacial score (nSPS) is 15.7. The van der Waals surface area contributed by atoms with E-state index in [4.69, 9.17) is 0 Å². The fraction of sp³-hybridized carbons (Fsp3) is 0.226. The number of nitrogens with zero attached hydrogens (tertiary/aromatic N) is 1. The average Bonchev–Trinajstić information content (AvgIpc) is 3.19. The second-order valence-corrected chi connectivity index (χ2v) is 9.74. The van der Waals surface area contributed by atoms with E-state index in [1.165, 1.54) is 5.56 Å². The predicted molar refractivity (Wildman–Crippen MR) is 148 cm³/mol. The van der Waals surface area contributed by atoms with E-state index in [1.807, 2.05) is 74.8 Å². The van der Waals surface area contributed by atoms with Gasteiger partial charge in [-0.2, -0.15) is 0 Å². The molecule has 1 aliphatic heterocycles. The van der Waals surface area contributed by atoms with Crippen LogP contribution in [0.4, 0.5) is 11.4 Å². The maximum absolute atomic E-state index is 13.2. The van der Waals surface area contributed by atoms with Gasteiger partial charge in [0.15, 0.2) is 0 Å². The van der Waals surface area contributed by atoms with Gasteiger partial charge in [0.25, 0.3) is 11.8 Å². The molecule has 0 saturated heterocycles. The molecule has 6 nitrogen and oxygen atoms in total. The summed E-state index contributed by atoms with van der Waals surface area (Å²) in [7, 11) is 4.09. The Hall–Kier alpha value is -4.34. The topological polar surface area (TPSA) is 73.5 Å². The van der Waals surface area contributed by atoms with Gasteiger partial charge in [0, 0.05) is 35.3 Å². The van der Waals surface area contributed by atoms with Gasteiger partial charge in [-0.3, -0.25) is 9.59 Å². The molecule has 6 heteroatoms. The lowest BCUT2D eigenvalue weighted by atomic mass is 9.93. The first-order valence-corrected chi connectivity index (χ1v) is 12.5. The van der Waals surface area contributed by atoms with Crippen molar-refractivity contribution in [3.05, 3.63) is 95.1 Å². The number of hydrogen-bond donors (Lipinski definition) is 3. The SMILES string of the molecule is CN(C)Cc1ccc(NC(=C2C(=O)Nc3cc(C#CC(=O)NC4CCC4)ccc32)c2ccccc2)cc1. The Balaban J connectivity index is 1.46. The van der Waals surface area contributed by atoms with Crippen LogP contribution in [0.15, 0.2) is 72.8 Å². The van der Waals surface area contributed by atoms with Crippen molar-refractivity contribution < 1.29 is 9.59 Å². The highest BCUT2D eigenvalue weighted by Crippen LogP contribution is 2.38. The first kappa shape index (κ1) is 24.4. The first-order chi connectivity index (χ1) is 18.0. The summed E-state index contributed by atoms with van der Waals surface area (Å²) in [5.74, 6) is 5.15. The number of carbonyl (C=O) groups is 2. The summed E-state index contributed by atoms with van der Waals surface area (Å²) in [6.45, 7) is 0.857. The number of rotatable bonds is 6. The van der Waals surface area contributed by atoms with Gasteiger partial charge in [0.2, 0.25) is 0 Å². The zero-order valence-corrected chi connectivity index (χ0v) is 21.1. The van der Waals surface area contributed by atoms with Crippen LogP contribution in [0.2, 0.25) is 0 Å². The van der Waals surface area contributed by atoms with Crippen molar-refractivity contribution in [2.24, 2.45) is 0 Å². The summed E-state index contributed by atoms with van der Waals surface area (Å²) in [6, 6.07) is 23.9. The second kappa shape index (κ2) is 10.7. The molecule has 3 aromatic carbocycles. The van der Waals surface area contributed by atoms with E-state index in [2.05, 4.69) is 44.8 Å². The third-order valence-corrected chi connectivity index (χ3v) is 6.56. The van der Waals surface area contributed by atoms with Gasteiger partial charge in [-0.05, 0) is 68.8 Å². The number of anilines is 2. The molecule has 1 heterocycles. The van der Waals surface area contributed by atoms with Crippen LogP contribution in [-0.4, -0.2) is 36.9 Å². The van der Waals surface area contributed by atoms with Crippen LogP contribution in [0, 0.1) is 11.8 Å². The second-order valence-electron chi connectivity index (χ2n) is 9.74. The Morgan fingerprint density at radius 3 is 2.46 bits per heavy atom. The Labute approximate surface area is 217 Å². The van der Waals surface area contributed by atoms with Crippen molar-refractivity contribution in [2.45, 2.75) is 31.8 Å². The molecular formula is C31H30N4O2. The Morgan fingerprint density at radius 2 is 1.78 bits per heavy atom. The lowest BCUT2D eigenvalue weighted by Gasteiger charge is -2.25. The number of amides is 2. The standard InChI is InChI=1S/C31H30N4O2/c1-35(2)20-22-11-15-25(16-12-22)33-30(23-7-4-3-5-8-23)29-26-17-13-21(19-27(26)34-31(29)37)14-18-28(36)32-24-9-6-10-24/h3-5,7-8,11-13,15-17,19,24,33H,6,9-10,20H2,1-2H3,(H,32,36)(H,34,37). The minimum Gasteiger partial charge on any atom is -0.354 e. The molecule has 0 radical (unpaired) electrons. The number of nitrogens with one attached hydrogen (secondary N) is 3. The minimum atomic E-state index is -0.262. The molecule has 1 saturated carbocycles. The Morgan fingerprint density at radius 1 is 1.03 bits per heavy atom. The van der Waals surface area contributed by atoms with Crippen LogP contribution in [0.3, 0.4) is 0 Å². The first-order valence-electron chi connectivity index (χ1n) is 12.5. The van der Waals surface area contributed by atoms with E-state index in [0.29, 0.717) is 16.8 Å². The van der Waals surface area contributed by atoms with Crippen LogP contribution in [-0.2, 0) is 16.1 Å². The molecule has 0 aromatic heterocycles. The quantitative estimate of drug-likeness (QED) is 0.346. The number of hydrogen-bond acceptors (Lipinski definition) is 4. The molecule has 1 fully saturated rings. The van der Waals surface area contributed by atoms with E-state index < -0.39 is 0 Å². The van der Waals surface area contributed by atoms with Gasteiger partial charge in [0.05, 0.1) is 17.0 Å². The number of fused-ring (bicyclic) bond motifs is 1. The van der Waals surface area contributed by atoms with Gasteiger partial charge in [-0.15, -0.1) is 0 Å². The Bertz CT molecular complexity index is 1410. The average molecular weight is 491 g/mol. The van der Waals surface area contributed by atoms with E-state index in [9.17, 15) is 9.59 Å². The van der Waals surface area contributed by atoms with Crippen LogP contribution < -0.4 is 16.0 Å². The zero-order valence-electron chi connectivity index (χ0n) is 21.1. The van der Waals surface area contributed by atoms with E-state index in [-0.39, 0.29) is 17.9 Å². The molecule has 0 bridgehead atoms. The van der Waals surface area contributed by atoms with E-state index >= 15 is 0 Å². The van der Waals surface area contributed by atoms with E-state index in [0.717, 1.165) is 48.3 Å². The van der Waals surface area contributed by atoms with Crippen molar-refractivity contribution in [1.29, 1.82) is 0 Å². The smallest absolute Gasteiger partial charge is 0.296 e. The van der Waals surface area contributed by atoms with Gasteiger partial charge in [-0.1, -0.05) is 54.5 Å². The van der Waals surface area contributed by atoms with Gasteiger partial charge < -0.3 is 20.9 Å². The number of carbonyl (C=O) groups excluding carboxylic acids is 2. The van der Waals surface area contributed by atoms with Crippen molar-refractivity contribution in [1.82, 2.24) is 10.2 Å². The maximum Gasteiger partial charge on any atom is 0.296 e. The largest absolute Gasteiger partial charge is 0.354 e. The van der Waals surface area contributed by atoms with Crippen LogP contribution in [0.5, 0.6) is 0 Å². The summed E-state index contributed by atoms with van der Waals surface area (Å²) < 4.78 is 0. The summed E-state index contributed by atoms with van der Waals surface area (Å²) in [5, 5.41) is 9.40. The zero-order chi connectivity index (χ0) is 25.8. The molecule has 3 N–H and O–H groups in total. The van der Waals surface area contributed by atoms with Crippen LogP contribution in [0.1, 0.15) is 41.5 Å². The highest BCUT2D eigenvalue weighted by atomic mass is 16.2. The third-order valence-electron chi connectivity index (χ3n) is 6.56. The van der Waals surface area contributed by atoms with Crippen molar-refractivity contribution in [3.63, 3.8) is 0 Å². The highest BCUT2D eigenvalue weighted by molar-refractivity contribution is 6.37. The summed E-state index contributed by atoms with van der Waals surface area (Å²) in [6.07, 6.45) is 3.19. The lowest BCUT2D eigenvalue weighted by Crippen LogP contribution is -2.38. The molecule has 37 heavy (non-hydrogen) atoms. The Kier molecular flexibility index (Phi) is 7.07. The van der Waals surface area contributed by atoms with Gasteiger partial charge >= 0.3 is 0 Å². The highest BCUT2D eigenvalue weighted by Gasteiger charge is 2.28. The van der Waals surface area contributed by atoms with Gasteiger partial charge in [-0.25, -0.2) is 0 Å². The molecule has 0 unspecified atom stereocenters. The minimum absolute atomic E-state index is 0.182. The maximum atomic E-state index is 13.2. The molecule has 2 aliphatic rings. The monoisotopic (exact) mass is 490 g/mol. The molecule has 3 aromatic rings. The molecule has 0 spiro atoms.